The summed E-state index contributed by atoms with van der Waals surface area (Å²) in [4.78, 5) is 13.2. The number of rotatable bonds is 5. The van der Waals surface area contributed by atoms with E-state index in [1.807, 2.05) is 55.5 Å². The van der Waals surface area contributed by atoms with Crippen LogP contribution in [0.25, 0.3) is 15.5 Å². The highest BCUT2D eigenvalue weighted by Gasteiger charge is 2.14. The average Bonchev–Trinajstić information content (AvgIpc) is 3.25. The summed E-state index contributed by atoms with van der Waals surface area (Å²) in [5.41, 5.74) is 2.44. The number of amides is 1. The number of carbonyl (C=O) groups is 1. The highest BCUT2D eigenvalue weighted by Crippen LogP contribution is 2.32. The lowest BCUT2D eigenvalue weighted by Crippen LogP contribution is -2.15. The maximum atomic E-state index is 12.4. The summed E-state index contributed by atoms with van der Waals surface area (Å²) in [6, 6.07) is 15.2. The Morgan fingerprint density at radius 2 is 2.00 bits per heavy atom. The molecule has 2 heterocycles. The monoisotopic (exact) mass is 379 g/mol. The molecule has 7 nitrogen and oxygen atoms in total. The van der Waals surface area contributed by atoms with Crippen LogP contribution in [0.3, 0.4) is 0 Å². The number of hydrogen-bond acceptors (Lipinski definition) is 6. The molecule has 0 bridgehead atoms. The van der Waals surface area contributed by atoms with Crippen LogP contribution >= 0.6 is 11.3 Å². The molecule has 0 aliphatic carbocycles. The predicted octanol–water partition coefficient (Wildman–Crippen LogP) is 3.35. The SMILES string of the molecule is COc1ccc(-c2nn3c(C)nnc3s2)cc1NC(=O)Cc1ccccc1. The van der Waals surface area contributed by atoms with Gasteiger partial charge in [-0.15, -0.1) is 10.2 Å². The van der Waals surface area contributed by atoms with Crippen molar-refractivity contribution in [1.82, 2.24) is 19.8 Å². The number of nitrogens with zero attached hydrogens (tertiary/aromatic N) is 4. The molecule has 136 valence electrons. The van der Waals surface area contributed by atoms with Gasteiger partial charge in [-0.1, -0.05) is 41.7 Å². The summed E-state index contributed by atoms with van der Waals surface area (Å²) in [6.07, 6.45) is 0.296. The highest BCUT2D eigenvalue weighted by atomic mass is 32.1. The molecule has 0 aliphatic heterocycles. The van der Waals surface area contributed by atoms with Crippen LogP contribution in [0.5, 0.6) is 5.75 Å². The molecular formula is C19H17N5O2S. The molecule has 1 N–H and O–H groups in total. The van der Waals surface area contributed by atoms with E-state index in [1.165, 1.54) is 11.3 Å². The molecule has 1 amide bonds. The Bertz CT molecular complexity index is 1100. The van der Waals surface area contributed by atoms with Crippen molar-refractivity contribution in [1.29, 1.82) is 0 Å². The first-order valence-corrected chi connectivity index (χ1v) is 9.17. The van der Waals surface area contributed by atoms with Crippen molar-refractivity contribution in [3.05, 3.63) is 59.9 Å². The van der Waals surface area contributed by atoms with Crippen molar-refractivity contribution in [2.24, 2.45) is 0 Å². The fraction of sp³-hybridized carbons (Fsp3) is 0.158. The largest absolute Gasteiger partial charge is 0.495 e. The summed E-state index contributed by atoms with van der Waals surface area (Å²) >= 11 is 1.44. The number of methoxy groups -OCH3 is 1. The molecule has 2 aromatic heterocycles. The molecule has 0 aliphatic rings. The molecule has 0 spiro atoms. The van der Waals surface area contributed by atoms with Crippen molar-refractivity contribution in [3.63, 3.8) is 0 Å². The first-order valence-electron chi connectivity index (χ1n) is 8.35. The minimum atomic E-state index is -0.106. The van der Waals surface area contributed by atoms with Gasteiger partial charge in [-0.3, -0.25) is 4.79 Å². The van der Waals surface area contributed by atoms with E-state index in [-0.39, 0.29) is 5.91 Å². The van der Waals surface area contributed by atoms with E-state index in [4.69, 9.17) is 4.74 Å². The van der Waals surface area contributed by atoms with E-state index >= 15 is 0 Å². The summed E-state index contributed by atoms with van der Waals surface area (Å²) in [5, 5.41) is 16.4. The Morgan fingerprint density at radius 1 is 1.19 bits per heavy atom. The Labute approximate surface area is 159 Å². The second-order valence-corrected chi connectivity index (χ2v) is 6.93. The Hall–Kier alpha value is -3.26. The van der Waals surface area contributed by atoms with Crippen molar-refractivity contribution in [2.45, 2.75) is 13.3 Å². The van der Waals surface area contributed by atoms with Gasteiger partial charge in [0.1, 0.15) is 10.8 Å². The van der Waals surface area contributed by atoms with E-state index in [9.17, 15) is 4.79 Å². The number of fused-ring (bicyclic) bond motifs is 1. The second-order valence-electron chi connectivity index (χ2n) is 5.97. The summed E-state index contributed by atoms with van der Waals surface area (Å²) < 4.78 is 7.10. The zero-order chi connectivity index (χ0) is 18.8. The lowest BCUT2D eigenvalue weighted by Gasteiger charge is -2.11. The third-order valence-electron chi connectivity index (χ3n) is 4.07. The molecule has 0 saturated heterocycles. The van der Waals surface area contributed by atoms with Gasteiger partial charge < -0.3 is 10.1 Å². The molecule has 2 aromatic carbocycles. The average molecular weight is 379 g/mol. The van der Waals surface area contributed by atoms with Crippen LogP contribution in [-0.4, -0.2) is 32.8 Å². The summed E-state index contributed by atoms with van der Waals surface area (Å²) in [5.74, 6) is 1.22. The molecule has 0 saturated carbocycles. The molecule has 4 aromatic rings. The van der Waals surface area contributed by atoms with Crippen molar-refractivity contribution < 1.29 is 9.53 Å². The standard InChI is InChI=1S/C19H17N5O2S/c1-12-21-22-19-24(12)23-18(27-19)14-8-9-16(26-2)15(11-14)20-17(25)10-13-6-4-3-5-7-13/h3-9,11H,10H2,1-2H3,(H,20,25). The van der Waals surface area contributed by atoms with Gasteiger partial charge in [-0.2, -0.15) is 9.61 Å². The quantitative estimate of drug-likeness (QED) is 0.575. The minimum Gasteiger partial charge on any atom is -0.495 e. The third-order valence-corrected chi connectivity index (χ3v) is 5.02. The predicted molar refractivity (Wildman–Crippen MR) is 104 cm³/mol. The van der Waals surface area contributed by atoms with Crippen LogP contribution < -0.4 is 10.1 Å². The number of carbonyl (C=O) groups excluding carboxylic acids is 1. The van der Waals surface area contributed by atoms with Gasteiger partial charge in [-0.25, -0.2) is 0 Å². The maximum absolute atomic E-state index is 12.4. The normalized spacial score (nSPS) is 10.9. The molecule has 0 fully saturated rings. The van der Waals surface area contributed by atoms with Crippen LogP contribution in [0, 0.1) is 6.92 Å². The summed E-state index contributed by atoms with van der Waals surface area (Å²) in [7, 11) is 1.58. The van der Waals surface area contributed by atoms with Gasteiger partial charge in [0.2, 0.25) is 10.9 Å². The van der Waals surface area contributed by atoms with Crippen LogP contribution in [0.2, 0.25) is 0 Å². The molecular weight excluding hydrogens is 362 g/mol. The van der Waals surface area contributed by atoms with E-state index in [1.54, 1.807) is 11.6 Å². The highest BCUT2D eigenvalue weighted by molar-refractivity contribution is 7.19. The van der Waals surface area contributed by atoms with Gasteiger partial charge in [0.25, 0.3) is 0 Å². The topological polar surface area (TPSA) is 81.4 Å². The number of ether oxygens (including phenoxy) is 1. The number of aromatic nitrogens is 4. The number of hydrogen-bond donors (Lipinski definition) is 1. The molecule has 0 radical (unpaired) electrons. The number of aryl methyl sites for hydroxylation is 1. The number of nitrogens with one attached hydrogen (secondary N) is 1. The van der Waals surface area contributed by atoms with Crippen molar-refractivity contribution >= 4 is 27.9 Å². The van der Waals surface area contributed by atoms with E-state index in [2.05, 4.69) is 20.6 Å². The van der Waals surface area contributed by atoms with E-state index in [0.717, 1.165) is 26.9 Å². The smallest absolute Gasteiger partial charge is 0.234 e. The molecule has 27 heavy (non-hydrogen) atoms. The Kier molecular flexibility index (Phi) is 4.55. The first kappa shape index (κ1) is 17.2. The molecule has 4 rings (SSSR count). The minimum absolute atomic E-state index is 0.106. The maximum Gasteiger partial charge on any atom is 0.234 e. The van der Waals surface area contributed by atoms with Gasteiger partial charge >= 0.3 is 0 Å². The molecule has 0 unspecified atom stereocenters. The Morgan fingerprint density at radius 3 is 2.74 bits per heavy atom. The fourth-order valence-corrected chi connectivity index (χ4v) is 3.63. The van der Waals surface area contributed by atoms with E-state index < -0.39 is 0 Å². The van der Waals surface area contributed by atoms with Crippen LogP contribution in [-0.2, 0) is 11.2 Å². The zero-order valence-electron chi connectivity index (χ0n) is 14.8. The summed E-state index contributed by atoms with van der Waals surface area (Å²) in [6.45, 7) is 1.85. The second kappa shape index (κ2) is 7.16. The van der Waals surface area contributed by atoms with Gasteiger partial charge in [-0.05, 0) is 30.7 Å². The molecule has 8 heteroatoms. The van der Waals surface area contributed by atoms with Gasteiger partial charge in [0.05, 0.1) is 19.2 Å². The van der Waals surface area contributed by atoms with Crippen molar-refractivity contribution in [2.75, 3.05) is 12.4 Å². The van der Waals surface area contributed by atoms with Crippen LogP contribution in [0.15, 0.2) is 48.5 Å². The Balaban J connectivity index is 1.61. The first-order chi connectivity index (χ1) is 13.1. The fourth-order valence-electron chi connectivity index (χ4n) is 2.75. The zero-order valence-corrected chi connectivity index (χ0v) is 15.7. The van der Waals surface area contributed by atoms with Crippen LogP contribution in [0.1, 0.15) is 11.4 Å². The number of benzene rings is 2. The van der Waals surface area contributed by atoms with Gasteiger partial charge in [0, 0.05) is 5.56 Å². The van der Waals surface area contributed by atoms with Crippen molar-refractivity contribution in [3.8, 4) is 16.3 Å². The molecule has 0 atom stereocenters. The van der Waals surface area contributed by atoms with E-state index in [0.29, 0.717) is 17.9 Å². The third kappa shape index (κ3) is 3.52. The van der Waals surface area contributed by atoms with Gasteiger partial charge in [0.15, 0.2) is 5.82 Å². The van der Waals surface area contributed by atoms with Crippen LogP contribution in [0.4, 0.5) is 5.69 Å². The lowest BCUT2D eigenvalue weighted by molar-refractivity contribution is -0.115. The lowest BCUT2D eigenvalue weighted by atomic mass is 10.1. The number of anilines is 1.